The van der Waals surface area contributed by atoms with Crippen LogP contribution in [0.3, 0.4) is 0 Å². The number of carbonyl (C=O) groups excluding carboxylic acids is 3. The van der Waals surface area contributed by atoms with Gasteiger partial charge in [0.25, 0.3) is 5.89 Å². The zero-order valence-corrected chi connectivity index (χ0v) is 19.1. The van der Waals surface area contributed by atoms with Crippen LogP contribution >= 0.6 is 0 Å². The molecule has 0 atom stereocenters. The Bertz CT molecular complexity index is 1250. The molecule has 35 heavy (non-hydrogen) atoms. The normalized spacial score (nSPS) is 13.7. The molecule has 0 unspecified atom stereocenters. The molecular formula is C24H22N4O7. The first-order chi connectivity index (χ1) is 16.9. The zero-order valence-electron chi connectivity index (χ0n) is 19.1. The maximum absolute atomic E-state index is 12.9. The van der Waals surface area contributed by atoms with Gasteiger partial charge in [0, 0.05) is 24.7 Å². The third-order valence-corrected chi connectivity index (χ3v) is 5.64. The Labute approximate surface area is 200 Å². The van der Waals surface area contributed by atoms with Gasteiger partial charge in [-0.25, -0.2) is 9.59 Å². The van der Waals surface area contributed by atoms with E-state index in [0.717, 1.165) is 0 Å². The number of rotatable bonds is 6. The molecule has 0 bridgehead atoms. The van der Waals surface area contributed by atoms with E-state index in [0.29, 0.717) is 37.6 Å². The van der Waals surface area contributed by atoms with Gasteiger partial charge in [-0.2, -0.15) is 10.2 Å². The number of carbonyl (C=O) groups is 3. The average molecular weight is 478 g/mol. The Balaban J connectivity index is 1.44. The lowest BCUT2D eigenvalue weighted by Gasteiger charge is -2.31. The van der Waals surface area contributed by atoms with Crippen molar-refractivity contribution < 1.29 is 32.7 Å². The summed E-state index contributed by atoms with van der Waals surface area (Å²) in [5.41, 5.74) is 0.657. The van der Waals surface area contributed by atoms with Gasteiger partial charge in [0.1, 0.15) is 6.07 Å². The quantitative estimate of drug-likeness (QED) is 0.523. The molecule has 3 heterocycles. The van der Waals surface area contributed by atoms with Gasteiger partial charge < -0.3 is 28.5 Å². The van der Waals surface area contributed by atoms with Crippen molar-refractivity contribution in [2.75, 3.05) is 37.5 Å². The van der Waals surface area contributed by atoms with Gasteiger partial charge in [-0.3, -0.25) is 4.79 Å². The second kappa shape index (κ2) is 10.1. The standard InChI is InChI=1S/C24H22N4O7/c1-32-23(30)15-10-16(24(31)33-2)12-17(11-15)26-20(29)14-5-7-28(8-6-14)22-18(13-25)27-21(35-22)19-4-3-9-34-19/h3-4,9-12,14H,5-8H2,1-2H3,(H,26,29). The van der Waals surface area contributed by atoms with Crippen molar-refractivity contribution >= 4 is 29.4 Å². The summed E-state index contributed by atoms with van der Waals surface area (Å²) in [7, 11) is 2.45. The summed E-state index contributed by atoms with van der Waals surface area (Å²) in [6.45, 7) is 0.935. The average Bonchev–Trinajstić information content (AvgIpc) is 3.57. The van der Waals surface area contributed by atoms with E-state index in [1.807, 2.05) is 11.0 Å². The highest BCUT2D eigenvalue weighted by atomic mass is 16.5. The summed E-state index contributed by atoms with van der Waals surface area (Å²) in [5, 5.41) is 12.2. The maximum atomic E-state index is 12.9. The third kappa shape index (κ3) is 5.01. The fourth-order valence-corrected chi connectivity index (χ4v) is 3.87. The number of nitrogens with zero attached hydrogens (tertiary/aromatic N) is 3. The molecule has 180 valence electrons. The molecule has 1 fully saturated rings. The summed E-state index contributed by atoms with van der Waals surface area (Å²) in [6, 6.07) is 9.64. The Morgan fingerprint density at radius 1 is 1.11 bits per heavy atom. The van der Waals surface area contributed by atoms with E-state index in [2.05, 4.69) is 10.3 Å². The Kier molecular flexibility index (Phi) is 6.82. The van der Waals surface area contributed by atoms with Crippen molar-refractivity contribution in [3.63, 3.8) is 0 Å². The highest BCUT2D eigenvalue weighted by Crippen LogP contribution is 2.31. The van der Waals surface area contributed by atoms with E-state index in [1.54, 1.807) is 12.1 Å². The summed E-state index contributed by atoms with van der Waals surface area (Å²) >= 11 is 0. The number of hydrogen-bond donors (Lipinski definition) is 1. The first-order valence-corrected chi connectivity index (χ1v) is 10.8. The van der Waals surface area contributed by atoms with Crippen LogP contribution in [-0.2, 0) is 14.3 Å². The SMILES string of the molecule is COC(=O)c1cc(NC(=O)C2CCN(c3oc(-c4ccco4)nc3C#N)CC2)cc(C(=O)OC)c1. The van der Waals surface area contributed by atoms with Gasteiger partial charge in [-0.15, -0.1) is 0 Å². The van der Waals surface area contributed by atoms with Gasteiger partial charge in [0.05, 0.1) is 31.6 Å². The minimum atomic E-state index is -0.645. The summed E-state index contributed by atoms with van der Waals surface area (Å²) in [5.74, 6) is -0.894. The summed E-state index contributed by atoms with van der Waals surface area (Å²) in [4.78, 5) is 43.0. The molecule has 0 saturated carbocycles. The van der Waals surface area contributed by atoms with Crippen molar-refractivity contribution in [3.05, 3.63) is 53.4 Å². The van der Waals surface area contributed by atoms with Crippen LogP contribution in [0.5, 0.6) is 0 Å². The number of nitriles is 1. The number of amides is 1. The van der Waals surface area contributed by atoms with Crippen molar-refractivity contribution in [1.82, 2.24) is 4.98 Å². The summed E-state index contributed by atoms with van der Waals surface area (Å²) in [6.07, 6.45) is 2.48. The van der Waals surface area contributed by atoms with Crippen molar-refractivity contribution in [2.45, 2.75) is 12.8 Å². The van der Waals surface area contributed by atoms with Gasteiger partial charge in [0.2, 0.25) is 17.5 Å². The molecule has 2 aromatic heterocycles. The molecule has 0 aliphatic carbocycles. The van der Waals surface area contributed by atoms with E-state index in [9.17, 15) is 19.6 Å². The van der Waals surface area contributed by atoms with Crippen LogP contribution in [0.25, 0.3) is 11.7 Å². The number of furan rings is 1. The number of anilines is 2. The van der Waals surface area contributed by atoms with E-state index >= 15 is 0 Å². The van der Waals surface area contributed by atoms with E-state index in [-0.39, 0.29) is 40.2 Å². The highest BCUT2D eigenvalue weighted by Gasteiger charge is 2.29. The van der Waals surface area contributed by atoms with Crippen molar-refractivity contribution in [3.8, 4) is 17.7 Å². The Morgan fingerprint density at radius 3 is 2.31 bits per heavy atom. The molecule has 0 spiro atoms. The molecule has 0 radical (unpaired) electrons. The van der Waals surface area contributed by atoms with Crippen molar-refractivity contribution in [2.24, 2.45) is 5.92 Å². The third-order valence-electron chi connectivity index (χ3n) is 5.64. The minimum Gasteiger partial charge on any atom is -0.465 e. The van der Waals surface area contributed by atoms with E-state index in [4.69, 9.17) is 18.3 Å². The number of esters is 2. The molecule has 1 aromatic carbocycles. The maximum Gasteiger partial charge on any atom is 0.337 e. The predicted octanol–water partition coefficient (Wildman–Crippen LogP) is 3.23. The number of piperidine rings is 1. The molecule has 1 N–H and O–H groups in total. The molecular weight excluding hydrogens is 456 g/mol. The van der Waals surface area contributed by atoms with Crippen LogP contribution < -0.4 is 10.2 Å². The van der Waals surface area contributed by atoms with Crippen LogP contribution in [0.1, 0.15) is 39.3 Å². The molecule has 11 heteroatoms. The lowest BCUT2D eigenvalue weighted by molar-refractivity contribution is -0.120. The second-order valence-electron chi connectivity index (χ2n) is 7.79. The molecule has 1 amide bonds. The number of nitrogens with one attached hydrogen (secondary N) is 1. The van der Waals surface area contributed by atoms with E-state index in [1.165, 1.54) is 38.7 Å². The van der Waals surface area contributed by atoms with Crippen LogP contribution in [-0.4, -0.2) is 50.1 Å². The van der Waals surface area contributed by atoms with Gasteiger partial charge in [-0.05, 0) is 43.2 Å². The lowest BCUT2D eigenvalue weighted by Crippen LogP contribution is -2.38. The van der Waals surface area contributed by atoms with Crippen LogP contribution in [0.4, 0.5) is 11.6 Å². The largest absolute Gasteiger partial charge is 0.465 e. The lowest BCUT2D eigenvalue weighted by atomic mass is 9.95. The topological polar surface area (TPSA) is 148 Å². The fraction of sp³-hybridized carbons (Fsp3) is 0.292. The molecule has 1 aliphatic rings. The first-order valence-electron chi connectivity index (χ1n) is 10.8. The number of hydrogen-bond acceptors (Lipinski definition) is 10. The number of ether oxygens (including phenoxy) is 2. The molecule has 1 saturated heterocycles. The molecule has 4 rings (SSSR count). The first kappa shape index (κ1) is 23.6. The highest BCUT2D eigenvalue weighted by molar-refractivity contribution is 6.00. The van der Waals surface area contributed by atoms with Crippen LogP contribution in [0, 0.1) is 17.2 Å². The number of aromatic nitrogens is 1. The predicted molar refractivity (Wildman–Crippen MR) is 122 cm³/mol. The number of methoxy groups -OCH3 is 2. The second-order valence-corrected chi connectivity index (χ2v) is 7.79. The van der Waals surface area contributed by atoms with Crippen molar-refractivity contribution in [1.29, 1.82) is 5.26 Å². The Morgan fingerprint density at radius 2 is 1.77 bits per heavy atom. The van der Waals surface area contributed by atoms with E-state index < -0.39 is 11.9 Å². The Hall–Kier alpha value is -4.59. The van der Waals surface area contributed by atoms with Gasteiger partial charge in [-0.1, -0.05) is 0 Å². The van der Waals surface area contributed by atoms with Crippen LogP contribution in [0.15, 0.2) is 45.4 Å². The molecule has 11 nitrogen and oxygen atoms in total. The number of oxazole rings is 1. The molecule has 1 aliphatic heterocycles. The monoisotopic (exact) mass is 478 g/mol. The fourth-order valence-electron chi connectivity index (χ4n) is 3.87. The zero-order chi connectivity index (χ0) is 24.9. The van der Waals surface area contributed by atoms with Gasteiger partial charge in [0.15, 0.2) is 5.76 Å². The van der Waals surface area contributed by atoms with Crippen LogP contribution in [0.2, 0.25) is 0 Å². The number of benzene rings is 1. The minimum absolute atomic E-state index is 0.113. The molecule has 3 aromatic rings. The van der Waals surface area contributed by atoms with Gasteiger partial charge >= 0.3 is 11.9 Å². The smallest absolute Gasteiger partial charge is 0.337 e. The summed E-state index contributed by atoms with van der Waals surface area (Å²) < 4.78 is 20.5.